The minimum absolute atomic E-state index is 0. The minimum Gasteiger partial charge on any atom is -0.714 e. The van der Waals surface area contributed by atoms with Crippen molar-refractivity contribution in [3.63, 3.8) is 0 Å². The van der Waals surface area contributed by atoms with E-state index in [-0.39, 0.29) is 74.0 Å². The number of para-hydroxylation sites is 1. The molecule has 0 radical (unpaired) electrons. The van der Waals surface area contributed by atoms with Crippen LogP contribution in [-0.2, 0) is 25.8 Å². The molecule has 2 heterocycles. The second-order valence-corrected chi connectivity index (χ2v) is 7.82. The first-order chi connectivity index (χ1) is 16.1. The standard InChI is InChI=1S/C16H20N2O9S2.K/c19-7-11-13(20)14(21)15(22)16(26-11)28-12(18-27-29(23,24)25)5-8-6-17-10-4-2-1-3-9(8)10;/h1-4,6,11,13-17,19-22H,5,7H2,(H,23,24,25);/q;+1/p-1/b18-12+;/t11-,13-,14+,15-,16+;/m1./s1/i1D,2D,3D,4D,5D2;. The van der Waals surface area contributed by atoms with Gasteiger partial charge >= 0.3 is 51.4 Å². The van der Waals surface area contributed by atoms with Gasteiger partial charge in [-0.3, -0.25) is 4.28 Å². The van der Waals surface area contributed by atoms with Gasteiger partial charge in [-0.2, -0.15) is 8.42 Å². The van der Waals surface area contributed by atoms with Crippen molar-refractivity contribution in [1.29, 1.82) is 0 Å². The zero-order valence-corrected chi connectivity index (χ0v) is 20.0. The number of ether oxygens (including phenoxy) is 1. The number of nitrogens with zero attached hydrogens (tertiary/aromatic N) is 1. The molecule has 0 amide bonds. The molecule has 1 saturated heterocycles. The average molecular weight is 493 g/mol. The van der Waals surface area contributed by atoms with Gasteiger partial charge in [-0.15, -0.1) is 0 Å². The predicted octanol–water partition coefficient (Wildman–Crippen LogP) is -3.96. The molecule has 5 N–H and O–H groups in total. The molecule has 1 fully saturated rings. The number of hydrogen-bond acceptors (Lipinski definition) is 11. The number of aromatic amines is 1. The normalized spacial score (nSPS) is 31.0. The zero-order chi connectivity index (χ0) is 26.5. The van der Waals surface area contributed by atoms with E-state index in [9.17, 15) is 33.4 Å². The van der Waals surface area contributed by atoms with Crippen LogP contribution in [0.15, 0.2) is 35.5 Å². The summed E-state index contributed by atoms with van der Waals surface area (Å²) in [5.41, 5.74) is -2.29. The van der Waals surface area contributed by atoms with Crippen molar-refractivity contribution in [3.05, 3.63) is 35.9 Å². The minimum atomic E-state index is -5.49. The number of oxime groups is 1. The quantitative estimate of drug-likeness (QED) is 0.0665. The van der Waals surface area contributed by atoms with E-state index in [2.05, 4.69) is 14.4 Å². The van der Waals surface area contributed by atoms with E-state index in [1.807, 2.05) is 0 Å². The summed E-state index contributed by atoms with van der Waals surface area (Å²) in [5, 5.41) is 41.3. The van der Waals surface area contributed by atoms with Crippen LogP contribution in [0, 0.1) is 0 Å². The molecule has 3 rings (SSSR count). The molecule has 30 heavy (non-hydrogen) atoms. The number of thioether (sulfide) groups is 1. The van der Waals surface area contributed by atoms with Crippen molar-refractivity contribution in [2.45, 2.75) is 36.2 Å². The number of aliphatic hydroxyl groups is 4. The monoisotopic (exact) mass is 492 g/mol. The van der Waals surface area contributed by atoms with Gasteiger partial charge in [0.25, 0.3) is 10.4 Å². The summed E-state index contributed by atoms with van der Waals surface area (Å²) in [6.45, 7) is -0.814. The van der Waals surface area contributed by atoms with E-state index in [1.54, 1.807) is 0 Å². The van der Waals surface area contributed by atoms with Crippen LogP contribution in [0.4, 0.5) is 0 Å². The van der Waals surface area contributed by atoms with E-state index in [4.69, 9.17) is 13.0 Å². The summed E-state index contributed by atoms with van der Waals surface area (Å²) >= 11 is 0.157. The van der Waals surface area contributed by atoms with Crippen molar-refractivity contribution in [3.8, 4) is 0 Å². The maximum absolute atomic E-state index is 11.0. The van der Waals surface area contributed by atoms with Crippen molar-refractivity contribution < 1.29 is 102 Å². The summed E-state index contributed by atoms with van der Waals surface area (Å²) in [6.07, 6.45) is -8.86. The largest absolute Gasteiger partial charge is 1.00 e. The number of hydrogen-bond donors (Lipinski definition) is 5. The smallest absolute Gasteiger partial charge is 0.714 e. The van der Waals surface area contributed by atoms with Gasteiger partial charge in [0.2, 0.25) is 0 Å². The van der Waals surface area contributed by atoms with Crippen molar-refractivity contribution in [2.24, 2.45) is 5.16 Å². The molecule has 0 saturated carbocycles. The third kappa shape index (κ3) is 6.47. The summed E-state index contributed by atoms with van der Waals surface area (Å²) in [5.74, 6) is 0. The fourth-order valence-electron chi connectivity index (χ4n) is 2.48. The molecule has 11 nitrogen and oxygen atoms in total. The molecular formula is C16H19KN2O9S2. The molecule has 0 spiro atoms. The molecule has 0 aliphatic carbocycles. The summed E-state index contributed by atoms with van der Waals surface area (Å²) in [6, 6.07) is -2.42. The van der Waals surface area contributed by atoms with E-state index in [0.717, 1.165) is 6.20 Å². The number of nitrogens with one attached hydrogen (secondary N) is 1. The molecule has 14 heteroatoms. The zero-order valence-electron chi connectivity index (χ0n) is 21.3. The Balaban J connectivity index is 0.00000456. The molecule has 0 unspecified atom stereocenters. The molecule has 1 aliphatic rings. The Morgan fingerprint density at radius 1 is 1.33 bits per heavy atom. The van der Waals surface area contributed by atoms with Crippen LogP contribution in [0.5, 0.6) is 0 Å². The molecule has 2 aromatic rings. The molecule has 5 atom stereocenters. The van der Waals surface area contributed by atoms with E-state index in [1.165, 1.54) is 0 Å². The van der Waals surface area contributed by atoms with Crippen LogP contribution in [0.2, 0.25) is 0 Å². The van der Waals surface area contributed by atoms with E-state index >= 15 is 0 Å². The van der Waals surface area contributed by atoms with Gasteiger partial charge in [0.05, 0.1) is 12.1 Å². The molecule has 1 aromatic carbocycles. The number of rotatable bonds is 6. The van der Waals surface area contributed by atoms with E-state index in [0.29, 0.717) is 0 Å². The first kappa shape index (κ1) is 18.4. The van der Waals surface area contributed by atoms with Crippen LogP contribution in [-0.4, -0.2) is 79.9 Å². The average Bonchev–Trinajstić information content (AvgIpc) is 3.24. The molecule has 0 bridgehead atoms. The Morgan fingerprint density at radius 2 is 2.03 bits per heavy atom. The molecule has 1 aromatic heterocycles. The molecule has 160 valence electrons. The summed E-state index contributed by atoms with van der Waals surface area (Å²) < 4.78 is 90.9. The van der Waals surface area contributed by atoms with Crippen LogP contribution >= 0.6 is 11.8 Å². The third-order valence-electron chi connectivity index (χ3n) is 3.85. The Labute approximate surface area is 227 Å². The predicted molar refractivity (Wildman–Crippen MR) is 102 cm³/mol. The van der Waals surface area contributed by atoms with Crippen molar-refractivity contribution in [2.75, 3.05) is 6.61 Å². The van der Waals surface area contributed by atoms with Crippen molar-refractivity contribution in [1.82, 2.24) is 4.98 Å². The van der Waals surface area contributed by atoms with Crippen LogP contribution in [0.1, 0.15) is 13.8 Å². The molecular weight excluding hydrogens is 467 g/mol. The Bertz CT molecular complexity index is 1260. The SMILES string of the molecule is [2H]c1c([2H])c([2H])c2c(C([2H])([2H])/C(=N\OS(=O)(=O)[O-])S[C@@H]3O[C@H](CO)[C@@H](O)[C@H](O)[C@H]3O)c[nH]c2c1[2H].[K+]. The second kappa shape index (κ2) is 11.2. The number of benzene rings is 1. The number of aromatic nitrogens is 1. The summed E-state index contributed by atoms with van der Waals surface area (Å²) in [7, 11) is -5.49. The maximum Gasteiger partial charge on any atom is 1.00 e. The maximum atomic E-state index is 11.0. The van der Waals surface area contributed by atoms with Gasteiger partial charge in [-0.25, -0.2) is 0 Å². The Hall–Kier alpha value is -0.0736. The van der Waals surface area contributed by atoms with Crippen LogP contribution < -0.4 is 51.4 Å². The van der Waals surface area contributed by atoms with Gasteiger partial charge in [-0.05, 0) is 11.6 Å². The Morgan fingerprint density at radius 3 is 2.70 bits per heavy atom. The summed E-state index contributed by atoms with van der Waals surface area (Å²) in [4.78, 5) is 2.52. The Kier molecular flexibility index (Phi) is 6.84. The van der Waals surface area contributed by atoms with Gasteiger partial charge in [0, 0.05) is 26.2 Å². The third-order valence-corrected chi connectivity index (χ3v) is 5.13. The van der Waals surface area contributed by atoms with Gasteiger partial charge in [-0.1, -0.05) is 35.0 Å². The topological polar surface area (TPSA) is 185 Å². The first-order valence-corrected chi connectivity index (χ1v) is 10.1. The van der Waals surface area contributed by atoms with Gasteiger partial charge < -0.3 is 34.7 Å². The number of aliphatic hydroxyl groups excluding tert-OH is 4. The van der Waals surface area contributed by atoms with Crippen molar-refractivity contribution >= 4 is 38.1 Å². The van der Waals surface area contributed by atoms with Gasteiger partial charge in [0.1, 0.15) is 34.9 Å². The second-order valence-electron chi connectivity index (χ2n) is 5.77. The van der Waals surface area contributed by atoms with Crippen LogP contribution in [0.3, 0.4) is 0 Å². The van der Waals surface area contributed by atoms with E-state index < -0.39 is 88.0 Å². The van der Waals surface area contributed by atoms with Crippen LogP contribution in [0.25, 0.3) is 10.9 Å². The fraction of sp³-hybridized carbons (Fsp3) is 0.438. The number of fused-ring (bicyclic) bond motifs is 1. The fourth-order valence-corrected chi connectivity index (χ4v) is 3.66. The van der Waals surface area contributed by atoms with Gasteiger partial charge in [0.15, 0.2) is 0 Å². The molecule has 1 aliphatic heterocycles. The number of H-pyrrole nitrogens is 1. The first-order valence-electron chi connectivity index (χ1n) is 10.9.